The number of hydrazone groups is 2. The van der Waals surface area contributed by atoms with E-state index in [1.165, 1.54) is 0 Å². The third-order valence-electron chi connectivity index (χ3n) is 2.93. The number of rotatable bonds is 4. The third kappa shape index (κ3) is 4.80. The number of nitrogens with zero attached hydrogens (tertiary/aromatic N) is 4. The van der Waals surface area contributed by atoms with E-state index in [2.05, 4.69) is 31.0 Å². The minimum Gasteiger partial charge on any atom is -0.262 e. The van der Waals surface area contributed by atoms with Crippen molar-refractivity contribution in [3.8, 4) is 0 Å². The third-order valence-corrected chi connectivity index (χ3v) is 2.93. The number of carbonyl (C=O) groups excluding carboxylic acids is 2. The maximum absolute atomic E-state index is 11.7. The molecule has 0 radical (unpaired) electrons. The Morgan fingerprint density at radius 2 is 1.21 bits per heavy atom. The number of nitrogens with one attached hydrogen (secondary N) is 2. The average molecular weight is 324 g/mol. The normalized spacial score (nSPS) is 11.8. The molecule has 0 spiro atoms. The van der Waals surface area contributed by atoms with Gasteiger partial charge in [-0.1, -0.05) is 12.1 Å². The second kappa shape index (κ2) is 8.28. The number of hydrogen-bond donors (Lipinski definition) is 2. The van der Waals surface area contributed by atoms with Crippen molar-refractivity contribution in [3.63, 3.8) is 0 Å². The van der Waals surface area contributed by atoms with Crippen molar-refractivity contribution in [1.82, 2.24) is 20.8 Å². The fraction of sp³-hybridized carbons (Fsp3) is 0.125. The first-order valence-electron chi connectivity index (χ1n) is 7.09. The molecule has 2 rings (SSSR count). The molecular formula is C16H16N6O2. The van der Waals surface area contributed by atoms with Gasteiger partial charge >= 0.3 is 11.8 Å². The molecule has 0 aliphatic carbocycles. The molecule has 8 nitrogen and oxygen atoms in total. The summed E-state index contributed by atoms with van der Waals surface area (Å²) in [6.45, 7) is 3.34. The van der Waals surface area contributed by atoms with Crippen LogP contribution in [-0.4, -0.2) is 33.2 Å². The van der Waals surface area contributed by atoms with Gasteiger partial charge in [0.1, 0.15) is 0 Å². The number of carbonyl (C=O) groups is 2. The van der Waals surface area contributed by atoms with E-state index < -0.39 is 11.8 Å². The fourth-order valence-corrected chi connectivity index (χ4v) is 1.64. The molecule has 0 saturated carbocycles. The Balaban J connectivity index is 1.92. The number of hydrogen-bond acceptors (Lipinski definition) is 6. The van der Waals surface area contributed by atoms with E-state index in [-0.39, 0.29) is 0 Å². The molecule has 8 heteroatoms. The molecular weight excluding hydrogens is 308 g/mol. The van der Waals surface area contributed by atoms with Crippen molar-refractivity contribution < 1.29 is 9.59 Å². The van der Waals surface area contributed by atoms with E-state index in [4.69, 9.17) is 0 Å². The molecule has 0 fully saturated rings. The van der Waals surface area contributed by atoms with Gasteiger partial charge in [-0.05, 0) is 38.1 Å². The van der Waals surface area contributed by atoms with Crippen molar-refractivity contribution in [2.45, 2.75) is 13.8 Å². The number of pyridine rings is 2. The van der Waals surface area contributed by atoms with Crippen LogP contribution >= 0.6 is 0 Å². The number of aromatic nitrogens is 2. The van der Waals surface area contributed by atoms with E-state index in [1.54, 1.807) is 62.6 Å². The van der Waals surface area contributed by atoms with Crippen LogP contribution in [0.15, 0.2) is 59.0 Å². The Labute approximate surface area is 138 Å². The molecule has 0 atom stereocenters. The molecule has 2 amide bonds. The molecule has 2 heterocycles. The molecule has 0 aliphatic heterocycles. The SMILES string of the molecule is C/C(=N/NC(=O)C(=O)N/N=C(/C)c1ccccn1)c1ccccn1. The Bertz CT molecular complexity index is 704. The van der Waals surface area contributed by atoms with Crippen LogP contribution < -0.4 is 10.9 Å². The highest BCUT2D eigenvalue weighted by Crippen LogP contribution is 1.96. The maximum atomic E-state index is 11.7. The monoisotopic (exact) mass is 324 g/mol. The van der Waals surface area contributed by atoms with Crippen LogP contribution in [0.1, 0.15) is 25.2 Å². The second-order valence-corrected chi connectivity index (χ2v) is 4.71. The van der Waals surface area contributed by atoms with E-state index in [9.17, 15) is 9.59 Å². The second-order valence-electron chi connectivity index (χ2n) is 4.71. The van der Waals surface area contributed by atoms with Crippen LogP contribution in [0.5, 0.6) is 0 Å². The van der Waals surface area contributed by atoms with Gasteiger partial charge in [0.2, 0.25) is 0 Å². The predicted molar refractivity (Wildman–Crippen MR) is 89.2 cm³/mol. The lowest BCUT2D eigenvalue weighted by Gasteiger charge is -2.02. The van der Waals surface area contributed by atoms with Crippen LogP contribution in [0.25, 0.3) is 0 Å². The Morgan fingerprint density at radius 1 is 0.792 bits per heavy atom. The summed E-state index contributed by atoms with van der Waals surface area (Å²) in [7, 11) is 0. The van der Waals surface area contributed by atoms with E-state index >= 15 is 0 Å². The van der Waals surface area contributed by atoms with Crippen molar-refractivity contribution >= 4 is 23.2 Å². The van der Waals surface area contributed by atoms with Gasteiger partial charge in [0.15, 0.2) is 0 Å². The zero-order valence-electron chi connectivity index (χ0n) is 13.2. The largest absolute Gasteiger partial charge is 0.331 e. The topological polar surface area (TPSA) is 109 Å². The lowest BCUT2D eigenvalue weighted by atomic mass is 10.3. The molecule has 122 valence electrons. The van der Waals surface area contributed by atoms with Crippen molar-refractivity contribution in [2.24, 2.45) is 10.2 Å². The molecule has 0 unspecified atom stereocenters. The maximum Gasteiger partial charge on any atom is 0.331 e. The Hall–Kier alpha value is -3.42. The van der Waals surface area contributed by atoms with Crippen LogP contribution in [-0.2, 0) is 9.59 Å². The predicted octanol–water partition coefficient (Wildman–Crippen LogP) is 0.857. The Morgan fingerprint density at radius 3 is 1.54 bits per heavy atom. The van der Waals surface area contributed by atoms with Gasteiger partial charge in [-0.15, -0.1) is 0 Å². The summed E-state index contributed by atoms with van der Waals surface area (Å²) in [5.41, 5.74) is 6.46. The van der Waals surface area contributed by atoms with Crippen molar-refractivity contribution in [3.05, 3.63) is 60.2 Å². The minimum absolute atomic E-state index is 0.477. The zero-order valence-corrected chi connectivity index (χ0v) is 13.2. The van der Waals surface area contributed by atoms with Gasteiger partial charge in [-0.25, -0.2) is 10.9 Å². The van der Waals surface area contributed by atoms with E-state index in [1.807, 2.05) is 0 Å². The highest BCUT2D eigenvalue weighted by atomic mass is 16.2. The average Bonchev–Trinajstić information content (AvgIpc) is 2.64. The zero-order chi connectivity index (χ0) is 17.4. The fourth-order valence-electron chi connectivity index (χ4n) is 1.64. The van der Waals surface area contributed by atoms with Gasteiger partial charge in [-0.2, -0.15) is 10.2 Å². The number of amides is 2. The van der Waals surface area contributed by atoms with Crippen LogP contribution in [0.2, 0.25) is 0 Å². The van der Waals surface area contributed by atoms with Crippen LogP contribution in [0.3, 0.4) is 0 Å². The minimum atomic E-state index is -0.928. The Kier molecular flexibility index (Phi) is 5.84. The summed E-state index contributed by atoms with van der Waals surface area (Å²) in [6, 6.07) is 10.6. The molecule has 0 saturated heterocycles. The summed E-state index contributed by atoms with van der Waals surface area (Å²) < 4.78 is 0. The van der Waals surface area contributed by atoms with Gasteiger partial charge in [-0.3, -0.25) is 19.6 Å². The molecule has 2 aromatic rings. The van der Waals surface area contributed by atoms with Crippen molar-refractivity contribution in [1.29, 1.82) is 0 Å². The summed E-state index contributed by atoms with van der Waals surface area (Å²) in [5.74, 6) is -1.86. The quantitative estimate of drug-likeness (QED) is 0.494. The van der Waals surface area contributed by atoms with Gasteiger partial charge < -0.3 is 0 Å². The summed E-state index contributed by atoms with van der Waals surface area (Å²) in [6.07, 6.45) is 3.22. The molecule has 0 aliphatic rings. The van der Waals surface area contributed by atoms with Crippen molar-refractivity contribution in [2.75, 3.05) is 0 Å². The highest BCUT2D eigenvalue weighted by Gasteiger charge is 2.12. The lowest BCUT2D eigenvalue weighted by molar-refractivity contribution is -0.139. The first kappa shape index (κ1) is 16.9. The van der Waals surface area contributed by atoms with Gasteiger partial charge in [0, 0.05) is 12.4 Å². The highest BCUT2D eigenvalue weighted by molar-refractivity contribution is 6.35. The molecule has 2 aromatic heterocycles. The summed E-state index contributed by atoms with van der Waals surface area (Å²) in [5, 5.41) is 7.67. The van der Waals surface area contributed by atoms with Crippen LogP contribution in [0, 0.1) is 0 Å². The first-order chi connectivity index (χ1) is 11.6. The lowest BCUT2D eigenvalue weighted by Crippen LogP contribution is -2.36. The van der Waals surface area contributed by atoms with E-state index in [0.29, 0.717) is 22.8 Å². The smallest absolute Gasteiger partial charge is 0.262 e. The van der Waals surface area contributed by atoms with Gasteiger partial charge in [0.05, 0.1) is 22.8 Å². The molecule has 0 bridgehead atoms. The molecule has 24 heavy (non-hydrogen) atoms. The summed E-state index contributed by atoms with van der Waals surface area (Å²) in [4.78, 5) is 31.6. The van der Waals surface area contributed by atoms with Gasteiger partial charge in [0.25, 0.3) is 0 Å². The molecule has 0 aromatic carbocycles. The summed E-state index contributed by atoms with van der Waals surface area (Å²) >= 11 is 0. The first-order valence-corrected chi connectivity index (χ1v) is 7.09. The van der Waals surface area contributed by atoms with Crippen LogP contribution in [0.4, 0.5) is 0 Å². The standard InChI is InChI=1S/C16H16N6O2/c1-11(13-7-3-5-9-17-13)19-21-15(23)16(24)22-20-12(2)14-8-4-6-10-18-14/h3-10H,1-2H3,(H,21,23)(H,22,24)/b19-11-,20-12-. The molecule has 2 N–H and O–H groups in total. The van der Waals surface area contributed by atoms with E-state index in [0.717, 1.165) is 0 Å².